The Balaban J connectivity index is 1.38. The van der Waals surface area contributed by atoms with Crippen LogP contribution in [0.3, 0.4) is 0 Å². The lowest BCUT2D eigenvalue weighted by Gasteiger charge is -2.57. The zero-order valence-corrected chi connectivity index (χ0v) is 16.2. The highest BCUT2D eigenvalue weighted by molar-refractivity contribution is 5.64. The molecule has 0 unspecified atom stereocenters. The molecule has 0 aromatic carbocycles. The van der Waals surface area contributed by atoms with Crippen LogP contribution in [-0.2, 0) is 4.79 Å². The minimum Gasteiger partial charge on any atom is -0.390 e. The van der Waals surface area contributed by atoms with Gasteiger partial charge in [0.05, 0.1) is 5.60 Å². The molecule has 0 spiro atoms. The first-order chi connectivity index (χ1) is 11.9. The zero-order chi connectivity index (χ0) is 17.4. The summed E-state index contributed by atoms with van der Waals surface area (Å²) < 4.78 is 0. The van der Waals surface area contributed by atoms with Crippen molar-refractivity contribution in [1.29, 1.82) is 0 Å². The van der Waals surface area contributed by atoms with Gasteiger partial charge in [-0.3, -0.25) is 0 Å². The van der Waals surface area contributed by atoms with Crippen molar-refractivity contribution in [3.63, 3.8) is 0 Å². The van der Waals surface area contributed by atoms with Crippen molar-refractivity contribution < 1.29 is 9.90 Å². The normalized spacial score (nSPS) is 56.4. The standard InChI is InChI=1S/C23H36O2/c1-21(25)9-7-16-15(13-21)3-4-18-17(16)8-10-22(2)19(18)5-6-20(22)23(14-24)11-12-23/h14-20,25H,3-13H2,1-2H3/t15-,16+,17-,18-,19+,20+,21-,22+/m1/s1. The molecule has 0 radical (unpaired) electrons. The minimum atomic E-state index is -0.405. The Kier molecular flexibility index (Phi) is 3.58. The van der Waals surface area contributed by atoms with E-state index in [-0.39, 0.29) is 5.41 Å². The predicted molar refractivity (Wildman–Crippen MR) is 99.0 cm³/mol. The zero-order valence-electron chi connectivity index (χ0n) is 16.2. The second-order valence-electron chi connectivity index (χ2n) is 11.2. The van der Waals surface area contributed by atoms with Gasteiger partial charge in [0, 0.05) is 5.41 Å². The molecule has 5 rings (SSSR count). The Morgan fingerprint density at radius 1 is 0.840 bits per heavy atom. The fraction of sp³-hybridized carbons (Fsp3) is 0.957. The van der Waals surface area contributed by atoms with E-state index in [0.717, 1.165) is 55.3 Å². The molecule has 8 atom stereocenters. The van der Waals surface area contributed by atoms with Crippen LogP contribution >= 0.6 is 0 Å². The third-order valence-electron chi connectivity index (χ3n) is 9.99. The molecular formula is C23H36O2. The number of carbonyl (C=O) groups is 1. The van der Waals surface area contributed by atoms with Crippen molar-refractivity contribution in [3.05, 3.63) is 0 Å². The summed E-state index contributed by atoms with van der Waals surface area (Å²) in [5, 5.41) is 10.5. The smallest absolute Gasteiger partial charge is 0.126 e. The van der Waals surface area contributed by atoms with E-state index in [0.29, 0.717) is 11.3 Å². The van der Waals surface area contributed by atoms with Crippen LogP contribution in [0.5, 0.6) is 0 Å². The van der Waals surface area contributed by atoms with Crippen LogP contribution in [0.1, 0.15) is 84.5 Å². The summed E-state index contributed by atoms with van der Waals surface area (Å²) in [7, 11) is 0. The van der Waals surface area contributed by atoms with E-state index < -0.39 is 5.60 Å². The highest BCUT2D eigenvalue weighted by atomic mass is 16.3. The molecule has 5 saturated carbocycles. The van der Waals surface area contributed by atoms with Crippen molar-refractivity contribution >= 4 is 6.29 Å². The number of carbonyl (C=O) groups excluding carboxylic acids is 1. The van der Waals surface area contributed by atoms with Crippen LogP contribution in [0.25, 0.3) is 0 Å². The number of aliphatic hydroxyl groups is 1. The van der Waals surface area contributed by atoms with Crippen LogP contribution < -0.4 is 0 Å². The van der Waals surface area contributed by atoms with E-state index in [4.69, 9.17) is 0 Å². The maximum absolute atomic E-state index is 11.8. The third kappa shape index (κ3) is 2.35. The van der Waals surface area contributed by atoms with E-state index >= 15 is 0 Å². The maximum Gasteiger partial charge on any atom is 0.126 e. The summed E-state index contributed by atoms with van der Waals surface area (Å²) in [6, 6.07) is 0. The molecule has 0 aromatic heterocycles. The van der Waals surface area contributed by atoms with Crippen molar-refractivity contribution in [3.8, 4) is 0 Å². The van der Waals surface area contributed by atoms with Crippen LogP contribution in [0.2, 0.25) is 0 Å². The summed E-state index contributed by atoms with van der Waals surface area (Å²) in [4.78, 5) is 11.8. The van der Waals surface area contributed by atoms with Gasteiger partial charge in [-0.2, -0.15) is 0 Å². The maximum atomic E-state index is 11.8. The van der Waals surface area contributed by atoms with E-state index in [1.165, 1.54) is 51.2 Å². The van der Waals surface area contributed by atoms with E-state index in [9.17, 15) is 9.90 Å². The lowest BCUT2D eigenvalue weighted by molar-refractivity contribution is -0.121. The van der Waals surface area contributed by atoms with Crippen molar-refractivity contribution in [2.24, 2.45) is 46.3 Å². The summed E-state index contributed by atoms with van der Waals surface area (Å²) in [6.07, 6.45) is 15.2. The number of fused-ring (bicyclic) bond motifs is 5. The molecule has 0 aromatic rings. The fourth-order valence-electron chi connectivity index (χ4n) is 8.72. The van der Waals surface area contributed by atoms with Crippen LogP contribution in [0.15, 0.2) is 0 Å². The van der Waals surface area contributed by atoms with Gasteiger partial charge in [-0.05, 0) is 118 Å². The van der Waals surface area contributed by atoms with Crippen LogP contribution in [-0.4, -0.2) is 17.0 Å². The van der Waals surface area contributed by atoms with Gasteiger partial charge in [-0.1, -0.05) is 6.92 Å². The molecule has 0 aliphatic heterocycles. The predicted octanol–water partition coefficient (Wildman–Crippen LogP) is 4.99. The van der Waals surface area contributed by atoms with Gasteiger partial charge in [0.15, 0.2) is 0 Å². The second-order valence-corrected chi connectivity index (χ2v) is 11.2. The van der Waals surface area contributed by atoms with Gasteiger partial charge < -0.3 is 9.90 Å². The Morgan fingerprint density at radius 2 is 1.60 bits per heavy atom. The molecule has 0 amide bonds. The average Bonchev–Trinajstić information content (AvgIpc) is 3.28. The highest BCUT2D eigenvalue weighted by Crippen LogP contribution is 2.70. The average molecular weight is 345 g/mol. The fourth-order valence-corrected chi connectivity index (χ4v) is 8.72. The molecule has 140 valence electrons. The summed E-state index contributed by atoms with van der Waals surface area (Å²) in [5.41, 5.74) is 0.112. The Hall–Kier alpha value is -0.370. The Bertz CT molecular complexity index is 562. The molecule has 5 aliphatic rings. The lowest BCUT2D eigenvalue weighted by Crippen LogP contribution is -2.51. The SMILES string of the molecule is C[C@@]1(O)CC[C@H]2[C@H](CC[C@@H]3[C@@H]2CC[C@]2(C)[C@@H](C4(C=O)CC4)CC[C@@H]32)C1. The second kappa shape index (κ2) is 5.33. The van der Waals surface area contributed by atoms with Crippen LogP contribution in [0.4, 0.5) is 0 Å². The quantitative estimate of drug-likeness (QED) is 0.717. The number of rotatable bonds is 2. The van der Waals surface area contributed by atoms with E-state index in [2.05, 4.69) is 13.8 Å². The number of hydrogen-bond acceptors (Lipinski definition) is 2. The Morgan fingerprint density at radius 3 is 2.32 bits per heavy atom. The van der Waals surface area contributed by atoms with Crippen molar-refractivity contribution in [1.82, 2.24) is 0 Å². The molecule has 5 aliphatic carbocycles. The molecule has 0 saturated heterocycles. The topological polar surface area (TPSA) is 37.3 Å². The van der Waals surface area contributed by atoms with E-state index in [1.54, 1.807) is 0 Å². The summed E-state index contributed by atoms with van der Waals surface area (Å²) >= 11 is 0. The first kappa shape index (κ1) is 16.8. The van der Waals surface area contributed by atoms with Crippen LogP contribution in [0, 0.1) is 46.3 Å². The largest absolute Gasteiger partial charge is 0.390 e. The number of hydrogen-bond donors (Lipinski definition) is 1. The molecule has 1 N–H and O–H groups in total. The minimum absolute atomic E-state index is 0.0804. The van der Waals surface area contributed by atoms with Gasteiger partial charge in [-0.15, -0.1) is 0 Å². The monoisotopic (exact) mass is 344 g/mol. The molecule has 2 nitrogen and oxygen atoms in total. The van der Waals surface area contributed by atoms with Gasteiger partial charge in [-0.25, -0.2) is 0 Å². The van der Waals surface area contributed by atoms with Crippen molar-refractivity contribution in [2.45, 2.75) is 90.1 Å². The molecule has 2 heteroatoms. The van der Waals surface area contributed by atoms with Gasteiger partial charge in [0.2, 0.25) is 0 Å². The molecule has 0 heterocycles. The molecular weight excluding hydrogens is 308 g/mol. The van der Waals surface area contributed by atoms with Gasteiger partial charge in [0.1, 0.15) is 6.29 Å². The molecule has 0 bridgehead atoms. The first-order valence-corrected chi connectivity index (χ1v) is 11.1. The molecule has 25 heavy (non-hydrogen) atoms. The first-order valence-electron chi connectivity index (χ1n) is 11.1. The Labute approximate surface area is 153 Å². The highest BCUT2D eigenvalue weighted by Gasteiger charge is 2.64. The number of aldehydes is 1. The summed E-state index contributed by atoms with van der Waals surface area (Å²) in [6.45, 7) is 4.62. The van der Waals surface area contributed by atoms with Gasteiger partial charge >= 0.3 is 0 Å². The van der Waals surface area contributed by atoms with E-state index in [1.807, 2.05) is 0 Å². The third-order valence-corrected chi connectivity index (χ3v) is 9.99. The summed E-state index contributed by atoms with van der Waals surface area (Å²) in [5.74, 6) is 5.03. The van der Waals surface area contributed by atoms with Crippen molar-refractivity contribution in [2.75, 3.05) is 0 Å². The van der Waals surface area contributed by atoms with Gasteiger partial charge in [0.25, 0.3) is 0 Å². The molecule has 5 fully saturated rings. The lowest BCUT2D eigenvalue weighted by atomic mass is 9.48.